The summed E-state index contributed by atoms with van der Waals surface area (Å²) in [7, 11) is 1.69. The molecule has 0 aliphatic carbocycles. The lowest BCUT2D eigenvalue weighted by Crippen LogP contribution is -2.02. The zero-order chi connectivity index (χ0) is 13.9. The lowest BCUT2D eigenvalue weighted by molar-refractivity contribution is 0.185. The van der Waals surface area contributed by atoms with Crippen LogP contribution in [0.5, 0.6) is 0 Å². The highest BCUT2D eigenvalue weighted by Crippen LogP contribution is 2.27. The minimum atomic E-state index is 0.535. The number of ether oxygens (including phenoxy) is 1. The second-order valence-corrected chi connectivity index (χ2v) is 5.56. The summed E-state index contributed by atoms with van der Waals surface area (Å²) in [6, 6.07) is 12.1. The minimum Gasteiger partial charge on any atom is -0.380 e. The van der Waals surface area contributed by atoms with Crippen LogP contribution in [-0.2, 0) is 11.3 Å². The van der Waals surface area contributed by atoms with Crippen LogP contribution >= 0.6 is 23.6 Å². The average molecular weight is 303 g/mol. The molecule has 20 heavy (non-hydrogen) atoms. The molecule has 3 aromatic rings. The number of hydrogen-bond donors (Lipinski definition) is 1. The molecule has 6 heteroatoms. The fourth-order valence-corrected chi connectivity index (χ4v) is 3.03. The summed E-state index contributed by atoms with van der Waals surface area (Å²) >= 11 is 7.02. The highest BCUT2D eigenvalue weighted by molar-refractivity contribution is 7.71. The van der Waals surface area contributed by atoms with Crippen LogP contribution in [0.1, 0.15) is 5.56 Å². The number of H-pyrrole nitrogens is 1. The van der Waals surface area contributed by atoms with Crippen LogP contribution < -0.4 is 0 Å². The third kappa shape index (κ3) is 2.33. The van der Waals surface area contributed by atoms with E-state index in [1.807, 2.05) is 46.3 Å². The number of aromatic nitrogens is 3. The molecule has 0 spiro atoms. The number of methoxy groups -OCH3 is 1. The Kier molecular flexibility index (Phi) is 3.77. The molecular weight excluding hydrogens is 290 g/mol. The topological polar surface area (TPSA) is 42.8 Å². The first-order valence-corrected chi connectivity index (χ1v) is 7.38. The van der Waals surface area contributed by atoms with E-state index in [4.69, 9.17) is 17.0 Å². The van der Waals surface area contributed by atoms with Crippen LogP contribution in [0.25, 0.3) is 16.4 Å². The molecule has 0 atom stereocenters. The van der Waals surface area contributed by atoms with Crippen LogP contribution in [0.4, 0.5) is 0 Å². The Hall–Kier alpha value is -1.76. The van der Waals surface area contributed by atoms with E-state index < -0.39 is 0 Å². The van der Waals surface area contributed by atoms with E-state index >= 15 is 0 Å². The Bertz CT molecular complexity index is 759. The summed E-state index contributed by atoms with van der Waals surface area (Å²) in [5.74, 6) is 0.827. The zero-order valence-corrected chi connectivity index (χ0v) is 12.5. The molecule has 0 unspecified atom stereocenters. The monoisotopic (exact) mass is 303 g/mol. The average Bonchev–Trinajstić information content (AvgIpc) is 3.09. The zero-order valence-electron chi connectivity index (χ0n) is 10.9. The maximum atomic E-state index is 5.38. The van der Waals surface area contributed by atoms with Gasteiger partial charge in [0.15, 0.2) is 10.6 Å². The standard InChI is InChI=1S/C14H13N3OS2/c1-18-9-10-5-2-3-6-11(10)17-13(15-16-14(17)19)12-7-4-8-20-12/h2-8H,9H2,1H3,(H,16,19). The van der Waals surface area contributed by atoms with Gasteiger partial charge < -0.3 is 4.74 Å². The molecule has 0 saturated heterocycles. The van der Waals surface area contributed by atoms with Crippen molar-refractivity contribution in [3.05, 3.63) is 52.1 Å². The maximum absolute atomic E-state index is 5.38. The van der Waals surface area contributed by atoms with Crippen molar-refractivity contribution in [3.63, 3.8) is 0 Å². The van der Waals surface area contributed by atoms with Crippen molar-refractivity contribution >= 4 is 23.6 Å². The van der Waals surface area contributed by atoms with E-state index in [1.165, 1.54) is 0 Å². The van der Waals surface area contributed by atoms with Gasteiger partial charge in [-0.15, -0.1) is 11.3 Å². The van der Waals surface area contributed by atoms with Gasteiger partial charge in [0.2, 0.25) is 0 Å². The maximum Gasteiger partial charge on any atom is 0.200 e. The molecule has 0 saturated carbocycles. The molecule has 0 aliphatic heterocycles. The Morgan fingerprint density at radius 2 is 2.15 bits per heavy atom. The van der Waals surface area contributed by atoms with Crippen molar-refractivity contribution in [1.82, 2.24) is 14.8 Å². The van der Waals surface area contributed by atoms with Gasteiger partial charge in [0.25, 0.3) is 0 Å². The van der Waals surface area contributed by atoms with Gasteiger partial charge in [-0.3, -0.25) is 9.67 Å². The van der Waals surface area contributed by atoms with Crippen LogP contribution in [0, 0.1) is 4.77 Å². The van der Waals surface area contributed by atoms with Gasteiger partial charge in [0.05, 0.1) is 17.2 Å². The largest absolute Gasteiger partial charge is 0.380 e. The summed E-state index contributed by atoms with van der Waals surface area (Å²) < 4.78 is 7.80. The van der Waals surface area contributed by atoms with Crippen molar-refractivity contribution in [2.45, 2.75) is 6.61 Å². The molecule has 0 fully saturated rings. The van der Waals surface area contributed by atoms with Crippen LogP contribution in [-0.4, -0.2) is 21.9 Å². The summed E-state index contributed by atoms with van der Waals surface area (Å²) in [6.45, 7) is 0.535. The van der Waals surface area contributed by atoms with Crippen molar-refractivity contribution in [3.8, 4) is 16.4 Å². The van der Waals surface area contributed by atoms with E-state index in [-0.39, 0.29) is 0 Å². The Morgan fingerprint density at radius 1 is 1.30 bits per heavy atom. The summed E-state index contributed by atoms with van der Waals surface area (Å²) in [5, 5.41) is 9.25. The molecule has 0 amide bonds. The second kappa shape index (κ2) is 5.70. The van der Waals surface area contributed by atoms with E-state index in [0.717, 1.165) is 22.0 Å². The molecule has 102 valence electrons. The van der Waals surface area contributed by atoms with E-state index in [1.54, 1.807) is 18.4 Å². The Balaban J connectivity index is 2.21. The highest BCUT2D eigenvalue weighted by Gasteiger charge is 2.13. The first-order valence-electron chi connectivity index (χ1n) is 6.10. The molecule has 4 nitrogen and oxygen atoms in total. The molecule has 3 rings (SSSR count). The smallest absolute Gasteiger partial charge is 0.200 e. The molecule has 0 radical (unpaired) electrons. The number of nitrogens with one attached hydrogen (secondary N) is 1. The first-order chi connectivity index (χ1) is 9.81. The van der Waals surface area contributed by atoms with E-state index in [9.17, 15) is 0 Å². The third-order valence-corrected chi connectivity index (χ3v) is 4.09. The normalized spacial score (nSPS) is 10.8. The van der Waals surface area contributed by atoms with Crippen LogP contribution in [0.2, 0.25) is 0 Å². The van der Waals surface area contributed by atoms with Crippen molar-refractivity contribution < 1.29 is 4.74 Å². The van der Waals surface area contributed by atoms with Crippen LogP contribution in [0.15, 0.2) is 41.8 Å². The van der Waals surface area contributed by atoms with Gasteiger partial charge in [0, 0.05) is 12.7 Å². The number of nitrogens with zero attached hydrogens (tertiary/aromatic N) is 2. The molecule has 1 N–H and O–H groups in total. The summed E-state index contributed by atoms with van der Waals surface area (Å²) in [6.07, 6.45) is 0. The molecule has 0 aliphatic rings. The molecule has 1 aromatic carbocycles. The van der Waals surface area contributed by atoms with Gasteiger partial charge in [-0.25, -0.2) is 0 Å². The van der Waals surface area contributed by atoms with Gasteiger partial charge >= 0.3 is 0 Å². The van der Waals surface area contributed by atoms with Crippen molar-refractivity contribution in [1.29, 1.82) is 0 Å². The molecule has 2 aromatic heterocycles. The number of aromatic amines is 1. The van der Waals surface area contributed by atoms with Crippen molar-refractivity contribution in [2.24, 2.45) is 0 Å². The summed E-state index contributed by atoms with van der Waals surface area (Å²) in [4.78, 5) is 1.07. The lowest BCUT2D eigenvalue weighted by atomic mass is 10.2. The number of thiophene rings is 1. The number of para-hydroxylation sites is 1. The second-order valence-electron chi connectivity index (χ2n) is 4.23. The predicted molar refractivity (Wildman–Crippen MR) is 82.8 cm³/mol. The Labute approximate surface area is 125 Å². The van der Waals surface area contributed by atoms with Crippen LogP contribution in [0.3, 0.4) is 0 Å². The number of hydrogen-bond acceptors (Lipinski definition) is 4. The third-order valence-electron chi connectivity index (χ3n) is 2.95. The SMILES string of the molecule is COCc1ccccc1-n1c(-c2cccs2)n[nH]c1=S. The van der Waals surface area contributed by atoms with Crippen molar-refractivity contribution in [2.75, 3.05) is 7.11 Å². The predicted octanol–water partition coefficient (Wildman–Crippen LogP) is 3.80. The van der Waals surface area contributed by atoms with Gasteiger partial charge in [-0.1, -0.05) is 24.3 Å². The molecule has 0 bridgehead atoms. The quantitative estimate of drug-likeness (QED) is 0.745. The molecular formula is C14H13N3OS2. The lowest BCUT2D eigenvalue weighted by Gasteiger charge is -2.11. The summed E-state index contributed by atoms with van der Waals surface area (Å²) in [5.41, 5.74) is 2.07. The fraction of sp³-hybridized carbons (Fsp3) is 0.143. The number of benzene rings is 1. The Morgan fingerprint density at radius 3 is 2.90 bits per heavy atom. The van der Waals surface area contributed by atoms with Gasteiger partial charge in [-0.2, -0.15) is 5.10 Å². The minimum absolute atomic E-state index is 0.535. The number of rotatable bonds is 4. The highest BCUT2D eigenvalue weighted by atomic mass is 32.1. The van der Waals surface area contributed by atoms with E-state index in [0.29, 0.717) is 11.4 Å². The first kappa shape index (κ1) is 13.2. The van der Waals surface area contributed by atoms with Gasteiger partial charge in [0.1, 0.15) is 0 Å². The molecule has 2 heterocycles. The van der Waals surface area contributed by atoms with E-state index in [2.05, 4.69) is 10.2 Å². The van der Waals surface area contributed by atoms with Gasteiger partial charge in [-0.05, 0) is 29.7 Å². The fourth-order valence-electron chi connectivity index (χ4n) is 2.10.